The minimum atomic E-state index is -0.424. The first kappa shape index (κ1) is 18.6. The summed E-state index contributed by atoms with van der Waals surface area (Å²) in [4.78, 5) is 11.8. The van der Waals surface area contributed by atoms with Crippen molar-refractivity contribution in [3.05, 3.63) is 0 Å². The van der Waals surface area contributed by atoms with Crippen LogP contribution >= 0.6 is 0 Å². The van der Waals surface area contributed by atoms with Gasteiger partial charge < -0.3 is 15.4 Å². The summed E-state index contributed by atoms with van der Waals surface area (Å²) in [5, 5.41) is 6.84. The minimum absolute atomic E-state index is 0.288. The molecule has 134 valence electrons. The van der Waals surface area contributed by atoms with Crippen LogP contribution < -0.4 is 10.6 Å². The van der Waals surface area contributed by atoms with E-state index in [0.29, 0.717) is 18.0 Å². The van der Waals surface area contributed by atoms with Crippen LogP contribution in [0.3, 0.4) is 0 Å². The Kier molecular flexibility index (Phi) is 6.75. The highest BCUT2D eigenvalue weighted by atomic mass is 16.6. The number of rotatable bonds is 5. The summed E-state index contributed by atoms with van der Waals surface area (Å²) in [6, 6.07) is 1.14. The van der Waals surface area contributed by atoms with Gasteiger partial charge in [0.1, 0.15) is 5.60 Å². The monoisotopic (exact) mass is 324 g/mol. The molecule has 0 saturated heterocycles. The second-order valence-corrected chi connectivity index (χ2v) is 8.53. The van der Waals surface area contributed by atoms with Gasteiger partial charge in [0.05, 0.1) is 0 Å². The molecule has 2 aliphatic carbocycles. The molecule has 2 rings (SSSR count). The number of nitrogens with one attached hydrogen (secondary N) is 2. The smallest absolute Gasteiger partial charge is 0.407 e. The van der Waals surface area contributed by atoms with Crippen molar-refractivity contribution in [1.29, 1.82) is 0 Å². The van der Waals surface area contributed by atoms with E-state index < -0.39 is 5.60 Å². The van der Waals surface area contributed by atoms with Crippen LogP contribution in [0.4, 0.5) is 4.79 Å². The number of ether oxygens (including phenoxy) is 1. The zero-order valence-corrected chi connectivity index (χ0v) is 15.5. The first-order valence-corrected chi connectivity index (χ1v) is 9.58. The fraction of sp³-hybridized carbons (Fsp3) is 0.947. The molecule has 0 aromatic carbocycles. The number of hydrogen-bond acceptors (Lipinski definition) is 3. The largest absolute Gasteiger partial charge is 0.444 e. The Morgan fingerprint density at radius 2 is 1.78 bits per heavy atom. The van der Waals surface area contributed by atoms with Crippen LogP contribution in [0.2, 0.25) is 0 Å². The number of alkyl carbamates (subject to hydrolysis) is 1. The van der Waals surface area contributed by atoms with Crippen molar-refractivity contribution < 1.29 is 9.53 Å². The van der Waals surface area contributed by atoms with Gasteiger partial charge in [-0.25, -0.2) is 4.79 Å². The third-order valence-electron chi connectivity index (χ3n) is 5.40. The average molecular weight is 325 g/mol. The van der Waals surface area contributed by atoms with E-state index in [1.165, 1.54) is 51.4 Å². The third kappa shape index (κ3) is 6.33. The van der Waals surface area contributed by atoms with Gasteiger partial charge in [0.15, 0.2) is 0 Å². The molecular weight excluding hydrogens is 288 g/mol. The lowest BCUT2D eigenvalue weighted by Gasteiger charge is -2.32. The Morgan fingerprint density at radius 3 is 2.43 bits per heavy atom. The molecule has 3 atom stereocenters. The Hall–Kier alpha value is -0.770. The molecule has 0 radical (unpaired) electrons. The van der Waals surface area contributed by atoms with Gasteiger partial charge in [-0.1, -0.05) is 25.7 Å². The fourth-order valence-corrected chi connectivity index (χ4v) is 4.14. The van der Waals surface area contributed by atoms with Crippen molar-refractivity contribution in [3.63, 3.8) is 0 Å². The quantitative estimate of drug-likeness (QED) is 0.795. The highest BCUT2D eigenvalue weighted by Gasteiger charge is 2.31. The van der Waals surface area contributed by atoms with Gasteiger partial charge in [0.2, 0.25) is 0 Å². The van der Waals surface area contributed by atoms with E-state index >= 15 is 0 Å². The Bertz CT molecular complexity index is 372. The maximum Gasteiger partial charge on any atom is 0.407 e. The summed E-state index contributed by atoms with van der Waals surface area (Å²) in [6.07, 6.45) is 10.4. The van der Waals surface area contributed by atoms with E-state index in [1.54, 1.807) is 0 Å². The zero-order chi connectivity index (χ0) is 16.9. The summed E-state index contributed by atoms with van der Waals surface area (Å²) in [6.45, 7) is 8.78. The lowest BCUT2D eigenvalue weighted by atomic mass is 9.84. The predicted octanol–water partition coefficient (Wildman–Crippen LogP) is 4.24. The molecule has 0 aromatic rings. The first-order chi connectivity index (χ1) is 10.8. The molecule has 2 aliphatic rings. The zero-order valence-electron chi connectivity index (χ0n) is 15.5. The van der Waals surface area contributed by atoms with E-state index in [0.717, 1.165) is 12.5 Å². The van der Waals surface area contributed by atoms with E-state index in [-0.39, 0.29) is 6.09 Å². The van der Waals surface area contributed by atoms with Gasteiger partial charge in [-0.15, -0.1) is 0 Å². The molecule has 2 fully saturated rings. The molecule has 4 nitrogen and oxygen atoms in total. The van der Waals surface area contributed by atoms with Crippen LogP contribution in [0.15, 0.2) is 0 Å². The topological polar surface area (TPSA) is 50.4 Å². The number of hydrogen-bond donors (Lipinski definition) is 2. The van der Waals surface area contributed by atoms with Gasteiger partial charge in [-0.2, -0.15) is 0 Å². The SMILES string of the molecule is C[C@@H](NC1CCCC1CNC(=O)OC(C)(C)C)C1CCCCC1. The normalized spacial score (nSPS) is 27.7. The summed E-state index contributed by atoms with van der Waals surface area (Å²) < 4.78 is 5.34. The Balaban J connectivity index is 1.75. The molecule has 0 aromatic heterocycles. The molecule has 1 amide bonds. The molecule has 2 N–H and O–H groups in total. The van der Waals surface area contributed by atoms with Crippen LogP contribution in [-0.4, -0.2) is 30.3 Å². The van der Waals surface area contributed by atoms with Crippen molar-refractivity contribution in [2.75, 3.05) is 6.54 Å². The van der Waals surface area contributed by atoms with Gasteiger partial charge in [-0.3, -0.25) is 0 Å². The summed E-state index contributed by atoms with van der Waals surface area (Å²) in [7, 11) is 0. The fourth-order valence-electron chi connectivity index (χ4n) is 4.14. The second-order valence-electron chi connectivity index (χ2n) is 8.53. The molecule has 0 aliphatic heterocycles. The maximum absolute atomic E-state index is 11.8. The summed E-state index contributed by atoms with van der Waals surface area (Å²) in [5.41, 5.74) is -0.424. The molecule has 0 spiro atoms. The second kappa shape index (κ2) is 8.36. The lowest BCUT2D eigenvalue weighted by molar-refractivity contribution is 0.0516. The van der Waals surface area contributed by atoms with E-state index in [1.807, 2.05) is 20.8 Å². The van der Waals surface area contributed by atoms with E-state index in [4.69, 9.17) is 4.74 Å². The van der Waals surface area contributed by atoms with Crippen LogP contribution in [0.1, 0.15) is 79.1 Å². The number of carbonyl (C=O) groups is 1. The molecule has 2 unspecified atom stereocenters. The van der Waals surface area contributed by atoms with Crippen molar-refractivity contribution >= 4 is 6.09 Å². The predicted molar refractivity (Wildman–Crippen MR) is 94.5 cm³/mol. The van der Waals surface area contributed by atoms with Crippen LogP contribution in [0.25, 0.3) is 0 Å². The van der Waals surface area contributed by atoms with Gasteiger partial charge in [0.25, 0.3) is 0 Å². The maximum atomic E-state index is 11.8. The average Bonchev–Trinajstić information content (AvgIpc) is 2.91. The number of amides is 1. The minimum Gasteiger partial charge on any atom is -0.444 e. The highest BCUT2D eigenvalue weighted by molar-refractivity contribution is 5.67. The summed E-state index contributed by atoms with van der Waals surface area (Å²) >= 11 is 0. The summed E-state index contributed by atoms with van der Waals surface area (Å²) in [5.74, 6) is 1.37. The van der Waals surface area contributed by atoms with E-state index in [9.17, 15) is 4.79 Å². The van der Waals surface area contributed by atoms with Crippen LogP contribution in [-0.2, 0) is 4.74 Å². The lowest BCUT2D eigenvalue weighted by Crippen LogP contribution is -2.46. The van der Waals surface area contributed by atoms with Crippen molar-refractivity contribution in [2.45, 2.75) is 96.7 Å². The van der Waals surface area contributed by atoms with Crippen molar-refractivity contribution in [2.24, 2.45) is 11.8 Å². The molecule has 0 bridgehead atoms. The van der Waals surface area contributed by atoms with Gasteiger partial charge in [-0.05, 0) is 65.2 Å². The van der Waals surface area contributed by atoms with Crippen molar-refractivity contribution in [3.8, 4) is 0 Å². The van der Waals surface area contributed by atoms with Crippen LogP contribution in [0.5, 0.6) is 0 Å². The molecule has 0 heterocycles. The number of carbonyl (C=O) groups excluding carboxylic acids is 1. The molecular formula is C19H36N2O2. The third-order valence-corrected chi connectivity index (χ3v) is 5.40. The molecule has 4 heteroatoms. The van der Waals surface area contributed by atoms with Gasteiger partial charge in [0, 0.05) is 18.6 Å². The molecule has 2 saturated carbocycles. The van der Waals surface area contributed by atoms with Crippen molar-refractivity contribution in [1.82, 2.24) is 10.6 Å². The Morgan fingerprint density at radius 1 is 1.09 bits per heavy atom. The Labute approximate surface area is 142 Å². The van der Waals surface area contributed by atoms with E-state index in [2.05, 4.69) is 17.6 Å². The van der Waals surface area contributed by atoms with Gasteiger partial charge >= 0.3 is 6.09 Å². The highest BCUT2D eigenvalue weighted by Crippen LogP contribution is 2.30. The first-order valence-electron chi connectivity index (χ1n) is 9.58. The van der Waals surface area contributed by atoms with Crippen LogP contribution in [0, 0.1) is 11.8 Å². The standard InChI is InChI=1S/C19H36N2O2/c1-14(15-9-6-5-7-10-15)21-17-12-8-11-16(17)13-20-18(22)23-19(2,3)4/h14-17,21H,5-13H2,1-4H3,(H,20,22)/t14-,16?,17?/m1/s1. The molecule has 23 heavy (non-hydrogen) atoms.